The molecule has 14 heteroatoms. The summed E-state index contributed by atoms with van der Waals surface area (Å²) in [6.45, 7) is 5.33. The fraction of sp³-hybridized carbons (Fsp3) is 0.344. The number of nitrogens with zero attached hydrogens (tertiary/aromatic N) is 5. The van der Waals surface area contributed by atoms with Crippen molar-refractivity contribution in [1.82, 2.24) is 24.1 Å². The number of aryl methyl sites for hydroxylation is 3. The van der Waals surface area contributed by atoms with E-state index in [1.54, 1.807) is 14.0 Å². The smallest absolute Gasteiger partial charge is 0.333 e. The monoisotopic (exact) mass is 653 g/mol. The average Bonchev–Trinajstić information content (AvgIpc) is 3.69. The molecule has 0 fully saturated rings. The molecule has 1 N–H and O–H groups in total. The maximum Gasteiger partial charge on any atom is 0.333 e. The molecule has 0 bridgehead atoms. The highest BCUT2D eigenvalue weighted by atomic mass is 32.1. The first kappa shape index (κ1) is 34.2. The van der Waals surface area contributed by atoms with Crippen LogP contribution in [0.3, 0.4) is 0 Å². The van der Waals surface area contributed by atoms with Gasteiger partial charge in [0.25, 0.3) is 5.56 Å². The molecule has 0 aliphatic heterocycles. The Morgan fingerprint density at radius 1 is 1.07 bits per heavy atom. The molecule has 0 atom stereocenters. The van der Waals surface area contributed by atoms with Crippen molar-refractivity contribution in [1.29, 1.82) is 0 Å². The van der Waals surface area contributed by atoms with Gasteiger partial charge in [0.05, 0.1) is 38.1 Å². The zero-order chi connectivity index (χ0) is 33.4. The van der Waals surface area contributed by atoms with E-state index in [2.05, 4.69) is 14.9 Å². The number of hydrogen-bond acceptors (Lipinski definition) is 10. The highest BCUT2D eigenvalue weighted by Gasteiger charge is 2.37. The third kappa shape index (κ3) is 7.25. The van der Waals surface area contributed by atoms with Crippen molar-refractivity contribution in [3.8, 4) is 10.8 Å². The van der Waals surface area contributed by atoms with E-state index in [9.17, 15) is 18.8 Å². The molecule has 0 saturated carbocycles. The first-order chi connectivity index (χ1) is 22.0. The van der Waals surface area contributed by atoms with Gasteiger partial charge in [0.2, 0.25) is 0 Å². The van der Waals surface area contributed by atoms with E-state index in [4.69, 9.17) is 14.6 Å². The number of fused-ring (bicyclic) bond motifs is 1. The number of methoxy groups -OCH3 is 2. The van der Waals surface area contributed by atoms with E-state index in [-0.39, 0.29) is 31.6 Å². The Balaban J connectivity index is 0.000000892. The van der Waals surface area contributed by atoms with Gasteiger partial charge in [0.15, 0.2) is 0 Å². The Kier molecular flexibility index (Phi) is 11.2. The van der Waals surface area contributed by atoms with Crippen molar-refractivity contribution < 1.29 is 28.5 Å². The van der Waals surface area contributed by atoms with Crippen molar-refractivity contribution in [3.05, 3.63) is 104 Å². The number of aromatic nitrogens is 5. The minimum absolute atomic E-state index is 0.0136. The maximum atomic E-state index is 14.1. The molecule has 2 aromatic carbocycles. The second-order valence-corrected chi connectivity index (χ2v) is 11.6. The van der Waals surface area contributed by atoms with Gasteiger partial charge in [0, 0.05) is 19.2 Å². The SMILES string of the molecule is COCCO.COc1ccc(F)cc1CCn1c(=O)n(C(C)(C)C(=O)OCc2ccccc2)c(=O)c2c(C)c(-n3nccn3)sc21. The molecule has 0 radical (unpaired) electrons. The molecule has 3 aromatic heterocycles. The van der Waals surface area contributed by atoms with Gasteiger partial charge in [-0.05, 0) is 56.5 Å². The molecule has 5 aromatic rings. The normalized spacial score (nSPS) is 11.3. The molecule has 46 heavy (non-hydrogen) atoms. The van der Waals surface area contributed by atoms with Crippen LogP contribution in [0.4, 0.5) is 4.39 Å². The van der Waals surface area contributed by atoms with Crippen molar-refractivity contribution in [2.75, 3.05) is 27.4 Å². The number of aliphatic hydroxyl groups is 1. The number of aliphatic hydroxyl groups excluding tert-OH is 1. The third-order valence-corrected chi connectivity index (χ3v) is 8.48. The lowest BCUT2D eigenvalue weighted by molar-refractivity contribution is -0.154. The molecule has 5 rings (SSSR count). The molecule has 0 saturated heterocycles. The van der Waals surface area contributed by atoms with Gasteiger partial charge in [-0.2, -0.15) is 10.2 Å². The second-order valence-electron chi connectivity index (χ2n) is 10.6. The summed E-state index contributed by atoms with van der Waals surface area (Å²) in [7, 11) is 3.03. The molecule has 0 aliphatic rings. The number of halogens is 1. The number of rotatable bonds is 11. The van der Waals surface area contributed by atoms with Gasteiger partial charge in [0.1, 0.15) is 33.5 Å². The van der Waals surface area contributed by atoms with Gasteiger partial charge in [-0.25, -0.2) is 18.5 Å². The van der Waals surface area contributed by atoms with E-state index in [1.807, 2.05) is 30.3 Å². The largest absolute Gasteiger partial charge is 0.496 e. The van der Waals surface area contributed by atoms with Crippen LogP contribution in [-0.2, 0) is 39.4 Å². The van der Waals surface area contributed by atoms with E-state index >= 15 is 0 Å². The number of thiophene rings is 1. The van der Waals surface area contributed by atoms with Crippen LogP contribution in [0.25, 0.3) is 15.2 Å². The van der Waals surface area contributed by atoms with E-state index in [0.29, 0.717) is 33.3 Å². The molecule has 0 aliphatic carbocycles. The van der Waals surface area contributed by atoms with Gasteiger partial charge < -0.3 is 19.3 Å². The highest BCUT2D eigenvalue weighted by Crippen LogP contribution is 2.31. The summed E-state index contributed by atoms with van der Waals surface area (Å²) in [4.78, 5) is 43.2. The summed E-state index contributed by atoms with van der Waals surface area (Å²) in [6, 6.07) is 13.3. The number of carbonyl (C=O) groups is 1. The van der Waals surface area contributed by atoms with Crippen molar-refractivity contribution >= 4 is 27.5 Å². The summed E-state index contributed by atoms with van der Waals surface area (Å²) in [5, 5.41) is 17.1. The molecule has 0 unspecified atom stereocenters. The predicted octanol–water partition coefficient (Wildman–Crippen LogP) is 3.61. The van der Waals surface area contributed by atoms with Crippen LogP contribution in [0.2, 0.25) is 0 Å². The minimum Gasteiger partial charge on any atom is -0.496 e. The van der Waals surface area contributed by atoms with Crippen LogP contribution in [0, 0.1) is 12.7 Å². The second kappa shape index (κ2) is 15.1. The van der Waals surface area contributed by atoms with Crippen LogP contribution in [0.15, 0.2) is 70.5 Å². The standard InChI is InChI=1S/C29H28FN5O5S.C3H8O2/c1-18-23-24(36)34(29(2,3)27(37)40-17-19-8-6-5-7-9-19)28(38)33(26(23)41-25(18)35-31-13-14-32-35)15-12-20-16-21(30)10-11-22(20)39-4;1-5-3-2-4/h5-11,13-14,16H,12,15,17H2,1-4H3;4H,2-3H2,1H3. The summed E-state index contributed by atoms with van der Waals surface area (Å²) in [5.74, 6) is -0.706. The van der Waals surface area contributed by atoms with Gasteiger partial charge in [-0.3, -0.25) is 9.36 Å². The topological polar surface area (TPSA) is 140 Å². The van der Waals surface area contributed by atoms with Crippen LogP contribution in [0.5, 0.6) is 5.75 Å². The summed E-state index contributed by atoms with van der Waals surface area (Å²) >= 11 is 1.19. The Labute approximate surface area is 268 Å². The van der Waals surface area contributed by atoms with Crippen molar-refractivity contribution in [3.63, 3.8) is 0 Å². The predicted molar refractivity (Wildman–Crippen MR) is 171 cm³/mol. The van der Waals surface area contributed by atoms with Crippen LogP contribution >= 0.6 is 11.3 Å². The van der Waals surface area contributed by atoms with E-state index in [0.717, 1.165) is 10.1 Å². The molecule has 3 heterocycles. The lowest BCUT2D eigenvalue weighted by Crippen LogP contribution is -2.53. The van der Waals surface area contributed by atoms with Crippen LogP contribution < -0.4 is 16.0 Å². The lowest BCUT2D eigenvalue weighted by Gasteiger charge is -2.26. The summed E-state index contributed by atoms with van der Waals surface area (Å²) < 4.78 is 31.8. The molecule has 244 valence electrons. The first-order valence-corrected chi connectivity index (χ1v) is 15.2. The number of carbonyl (C=O) groups excluding carboxylic acids is 1. The number of hydrogen-bond donors (Lipinski definition) is 1. The zero-order valence-corrected chi connectivity index (χ0v) is 27.0. The fourth-order valence-corrected chi connectivity index (χ4v) is 6.03. The Hall–Kier alpha value is -4.66. The Bertz CT molecular complexity index is 1900. The molecular weight excluding hydrogens is 617 g/mol. The molecule has 0 spiro atoms. The maximum absolute atomic E-state index is 14.1. The lowest BCUT2D eigenvalue weighted by atomic mass is 10.1. The molecule has 0 amide bonds. The molecular formula is C32H36FN5O7S. The number of benzene rings is 2. The Morgan fingerprint density at radius 2 is 1.76 bits per heavy atom. The number of ether oxygens (including phenoxy) is 3. The first-order valence-electron chi connectivity index (χ1n) is 14.3. The van der Waals surface area contributed by atoms with Crippen molar-refractivity contribution in [2.45, 2.75) is 45.9 Å². The average molecular weight is 654 g/mol. The quantitative estimate of drug-likeness (QED) is 0.212. The fourth-order valence-electron chi connectivity index (χ4n) is 4.79. The van der Waals surface area contributed by atoms with Gasteiger partial charge in [-0.15, -0.1) is 4.80 Å². The third-order valence-electron chi connectivity index (χ3n) is 7.20. The van der Waals surface area contributed by atoms with E-state index < -0.39 is 28.6 Å². The van der Waals surface area contributed by atoms with Crippen LogP contribution in [0.1, 0.15) is 30.5 Å². The van der Waals surface area contributed by atoms with Crippen LogP contribution in [-0.4, -0.2) is 62.6 Å². The van der Waals surface area contributed by atoms with Gasteiger partial charge in [-0.1, -0.05) is 41.7 Å². The Morgan fingerprint density at radius 3 is 2.37 bits per heavy atom. The number of esters is 1. The minimum atomic E-state index is -1.64. The zero-order valence-electron chi connectivity index (χ0n) is 26.2. The summed E-state index contributed by atoms with van der Waals surface area (Å²) in [5.41, 5.74) is -1.09. The van der Waals surface area contributed by atoms with Gasteiger partial charge >= 0.3 is 11.7 Å². The highest BCUT2D eigenvalue weighted by molar-refractivity contribution is 7.21. The molecule has 12 nitrogen and oxygen atoms in total. The van der Waals surface area contributed by atoms with E-state index in [1.165, 1.54) is 72.3 Å². The summed E-state index contributed by atoms with van der Waals surface area (Å²) in [6.07, 6.45) is 3.24. The van der Waals surface area contributed by atoms with Crippen molar-refractivity contribution in [2.24, 2.45) is 0 Å².